The van der Waals surface area contributed by atoms with Gasteiger partial charge in [0.25, 0.3) is 0 Å². The Bertz CT molecular complexity index is 621. The second-order valence-electron chi connectivity index (χ2n) is 5.46. The number of hydrogen-bond donors (Lipinski definition) is 1. The van der Waals surface area contributed by atoms with E-state index >= 15 is 0 Å². The maximum atomic E-state index is 13.7. The summed E-state index contributed by atoms with van der Waals surface area (Å²) in [5, 5.41) is 2.78. The van der Waals surface area contributed by atoms with Gasteiger partial charge in [0.15, 0.2) is 11.6 Å². The summed E-state index contributed by atoms with van der Waals surface area (Å²) in [4.78, 5) is 25.2. The lowest BCUT2D eigenvalue weighted by Gasteiger charge is -2.31. The van der Waals surface area contributed by atoms with Crippen LogP contribution in [0.25, 0.3) is 0 Å². The molecule has 0 saturated carbocycles. The SMILES string of the molecule is O=C1CCCC(CC(=O)N2CCOc3c2ccc(F)c3F)N1. The van der Waals surface area contributed by atoms with E-state index in [2.05, 4.69) is 5.32 Å². The van der Waals surface area contributed by atoms with Crippen LogP contribution >= 0.6 is 0 Å². The van der Waals surface area contributed by atoms with E-state index in [1.807, 2.05) is 0 Å². The molecule has 0 aliphatic carbocycles. The number of halogens is 2. The minimum atomic E-state index is -1.08. The van der Waals surface area contributed by atoms with Gasteiger partial charge < -0.3 is 15.0 Å². The molecule has 1 atom stereocenters. The highest BCUT2D eigenvalue weighted by Gasteiger charge is 2.30. The molecule has 1 unspecified atom stereocenters. The minimum Gasteiger partial charge on any atom is -0.486 e. The Balaban J connectivity index is 1.77. The van der Waals surface area contributed by atoms with Gasteiger partial charge in [-0.05, 0) is 25.0 Å². The highest BCUT2D eigenvalue weighted by molar-refractivity contribution is 5.96. The second kappa shape index (κ2) is 5.90. The molecule has 7 heteroatoms. The molecule has 0 radical (unpaired) electrons. The number of piperidine rings is 1. The Morgan fingerprint density at radius 3 is 3.00 bits per heavy atom. The number of fused-ring (bicyclic) bond motifs is 1. The Labute approximate surface area is 126 Å². The van der Waals surface area contributed by atoms with Crippen LogP contribution < -0.4 is 15.0 Å². The minimum absolute atomic E-state index is 0.0560. The molecule has 1 N–H and O–H groups in total. The maximum Gasteiger partial charge on any atom is 0.229 e. The number of carbonyl (C=O) groups excluding carboxylic acids is 2. The molecular weight excluding hydrogens is 294 g/mol. The molecule has 118 valence electrons. The van der Waals surface area contributed by atoms with E-state index in [1.165, 1.54) is 11.0 Å². The molecule has 1 aromatic carbocycles. The molecule has 1 saturated heterocycles. The highest BCUT2D eigenvalue weighted by Crippen LogP contribution is 2.35. The lowest BCUT2D eigenvalue weighted by molar-refractivity contribution is -0.124. The van der Waals surface area contributed by atoms with Gasteiger partial charge in [-0.15, -0.1) is 0 Å². The number of amides is 2. The Kier molecular flexibility index (Phi) is 3.96. The zero-order valence-electron chi connectivity index (χ0n) is 11.9. The summed E-state index contributed by atoms with van der Waals surface area (Å²) in [6, 6.07) is 2.11. The average Bonchev–Trinajstić information content (AvgIpc) is 2.50. The molecule has 3 rings (SSSR count). The number of ether oxygens (including phenoxy) is 1. The van der Waals surface area contributed by atoms with Gasteiger partial charge in [0.1, 0.15) is 6.61 Å². The van der Waals surface area contributed by atoms with Crippen molar-refractivity contribution in [1.29, 1.82) is 0 Å². The summed E-state index contributed by atoms with van der Waals surface area (Å²) in [7, 11) is 0. The van der Waals surface area contributed by atoms with E-state index in [-0.39, 0.29) is 48.9 Å². The first-order valence-electron chi connectivity index (χ1n) is 7.27. The molecule has 0 spiro atoms. The van der Waals surface area contributed by atoms with Gasteiger partial charge in [0.2, 0.25) is 17.6 Å². The normalized spacial score (nSPS) is 20.9. The van der Waals surface area contributed by atoms with Gasteiger partial charge in [-0.3, -0.25) is 9.59 Å². The van der Waals surface area contributed by atoms with Crippen LogP contribution in [0.1, 0.15) is 25.7 Å². The van der Waals surface area contributed by atoms with Crippen LogP contribution in [0.5, 0.6) is 5.75 Å². The third-order valence-corrected chi connectivity index (χ3v) is 3.92. The molecular formula is C15H16F2N2O3. The number of hydrogen-bond acceptors (Lipinski definition) is 3. The third kappa shape index (κ3) is 2.75. The summed E-state index contributed by atoms with van der Waals surface area (Å²) >= 11 is 0. The molecule has 2 aliphatic rings. The van der Waals surface area contributed by atoms with Crippen molar-refractivity contribution in [2.75, 3.05) is 18.1 Å². The van der Waals surface area contributed by atoms with Crippen molar-refractivity contribution in [2.45, 2.75) is 31.7 Å². The predicted octanol–water partition coefficient (Wildman–Crippen LogP) is 1.75. The van der Waals surface area contributed by atoms with Crippen molar-refractivity contribution in [3.05, 3.63) is 23.8 Å². The maximum absolute atomic E-state index is 13.7. The number of anilines is 1. The number of nitrogens with zero attached hydrogens (tertiary/aromatic N) is 1. The lowest BCUT2D eigenvalue weighted by atomic mass is 10.0. The predicted molar refractivity (Wildman–Crippen MR) is 74.6 cm³/mol. The van der Waals surface area contributed by atoms with Crippen molar-refractivity contribution in [1.82, 2.24) is 5.32 Å². The van der Waals surface area contributed by atoms with Gasteiger partial charge >= 0.3 is 0 Å². The molecule has 2 aliphatic heterocycles. The molecule has 0 bridgehead atoms. The van der Waals surface area contributed by atoms with Crippen LogP contribution in [0, 0.1) is 11.6 Å². The van der Waals surface area contributed by atoms with E-state index in [0.717, 1.165) is 18.9 Å². The highest BCUT2D eigenvalue weighted by atomic mass is 19.2. The molecule has 0 aromatic heterocycles. The first-order valence-corrected chi connectivity index (χ1v) is 7.27. The molecule has 22 heavy (non-hydrogen) atoms. The van der Waals surface area contributed by atoms with Crippen LogP contribution in [-0.4, -0.2) is 31.0 Å². The fourth-order valence-corrected chi connectivity index (χ4v) is 2.85. The zero-order valence-corrected chi connectivity index (χ0v) is 11.9. The largest absolute Gasteiger partial charge is 0.486 e. The van der Waals surface area contributed by atoms with E-state index in [9.17, 15) is 18.4 Å². The topological polar surface area (TPSA) is 58.6 Å². The van der Waals surface area contributed by atoms with Crippen molar-refractivity contribution >= 4 is 17.5 Å². The fourth-order valence-electron chi connectivity index (χ4n) is 2.85. The van der Waals surface area contributed by atoms with Gasteiger partial charge in [-0.25, -0.2) is 4.39 Å². The standard InChI is InChI=1S/C15H16F2N2O3/c16-10-4-5-11-15(14(10)17)22-7-6-19(11)13(21)8-9-2-1-3-12(20)18-9/h4-5,9H,1-3,6-8H2,(H,18,20). The Hall–Kier alpha value is -2.18. The van der Waals surface area contributed by atoms with E-state index < -0.39 is 11.6 Å². The van der Waals surface area contributed by atoms with Crippen LogP contribution in [-0.2, 0) is 9.59 Å². The zero-order chi connectivity index (χ0) is 15.7. The van der Waals surface area contributed by atoms with Crippen molar-refractivity contribution in [2.24, 2.45) is 0 Å². The van der Waals surface area contributed by atoms with Gasteiger partial charge in [0.05, 0.1) is 12.2 Å². The molecule has 2 heterocycles. The molecule has 1 fully saturated rings. The third-order valence-electron chi connectivity index (χ3n) is 3.92. The smallest absolute Gasteiger partial charge is 0.229 e. The second-order valence-corrected chi connectivity index (χ2v) is 5.46. The number of benzene rings is 1. The van der Waals surface area contributed by atoms with Crippen LogP contribution in [0.4, 0.5) is 14.5 Å². The van der Waals surface area contributed by atoms with Crippen molar-refractivity contribution < 1.29 is 23.1 Å². The summed E-state index contributed by atoms with van der Waals surface area (Å²) in [5.74, 6) is -2.61. The number of nitrogens with one attached hydrogen (secondary N) is 1. The number of rotatable bonds is 2. The monoisotopic (exact) mass is 310 g/mol. The van der Waals surface area contributed by atoms with Crippen molar-refractivity contribution in [3.8, 4) is 5.75 Å². The van der Waals surface area contributed by atoms with Crippen molar-refractivity contribution in [3.63, 3.8) is 0 Å². The summed E-state index contributed by atoms with van der Waals surface area (Å²) < 4.78 is 32.1. The van der Waals surface area contributed by atoms with Crippen LogP contribution in [0.2, 0.25) is 0 Å². The summed E-state index contributed by atoms with van der Waals surface area (Å²) in [6.07, 6.45) is 2.12. The van der Waals surface area contributed by atoms with Gasteiger partial charge in [-0.2, -0.15) is 4.39 Å². The Morgan fingerprint density at radius 2 is 2.23 bits per heavy atom. The van der Waals surface area contributed by atoms with Crippen LogP contribution in [0.3, 0.4) is 0 Å². The fraction of sp³-hybridized carbons (Fsp3) is 0.467. The van der Waals surface area contributed by atoms with E-state index in [1.54, 1.807) is 0 Å². The molecule has 5 nitrogen and oxygen atoms in total. The molecule has 2 amide bonds. The van der Waals surface area contributed by atoms with E-state index in [0.29, 0.717) is 6.42 Å². The Morgan fingerprint density at radius 1 is 1.41 bits per heavy atom. The summed E-state index contributed by atoms with van der Waals surface area (Å²) in [5.41, 5.74) is 0.234. The quantitative estimate of drug-likeness (QED) is 0.905. The summed E-state index contributed by atoms with van der Waals surface area (Å²) in [6.45, 7) is 0.383. The van der Waals surface area contributed by atoms with Gasteiger partial charge in [0, 0.05) is 18.9 Å². The lowest BCUT2D eigenvalue weighted by Crippen LogP contribution is -2.45. The van der Waals surface area contributed by atoms with Gasteiger partial charge in [-0.1, -0.05) is 0 Å². The first kappa shape index (κ1) is 14.7. The van der Waals surface area contributed by atoms with Crippen LogP contribution in [0.15, 0.2) is 12.1 Å². The molecule has 1 aromatic rings. The van der Waals surface area contributed by atoms with E-state index in [4.69, 9.17) is 4.74 Å². The first-order chi connectivity index (χ1) is 10.6. The average molecular weight is 310 g/mol. The number of carbonyl (C=O) groups is 2.